The van der Waals surface area contributed by atoms with Crippen molar-refractivity contribution in [1.82, 2.24) is 4.90 Å². The zero-order chi connectivity index (χ0) is 14.6. The highest BCUT2D eigenvalue weighted by atomic mass is 16.3. The van der Waals surface area contributed by atoms with Gasteiger partial charge in [-0.1, -0.05) is 0 Å². The van der Waals surface area contributed by atoms with Crippen LogP contribution in [-0.2, 0) is 0 Å². The summed E-state index contributed by atoms with van der Waals surface area (Å²) in [6.07, 6.45) is 0.884. The van der Waals surface area contributed by atoms with Gasteiger partial charge in [0.25, 0.3) is 10.9 Å². The van der Waals surface area contributed by atoms with Crippen LogP contribution >= 0.6 is 0 Å². The first kappa shape index (κ1) is 15.7. The van der Waals surface area contributed by atoms with Crippen molar-refractivity contribution in [3.63, 3.8) is 0 Å². The molecule has 6 nitrogen and oxygen atoms in total. The number of nitrogens with one attached hydrogen (secondary N) is 2. The quantitative estimate of drug-likeness (QED) is 0.449. The Labute approximate surface area is 113 Å². The Balaban J connectivity index is 2.62. The molecule has 108 valence electrons. The summed E-state index contributed by atoms with van der Waals surface area (Å²) in [4.78, 5) is 25.1. The first-order valence-electron chi connectivity index (χ1n) is 6.39. The predicted octanol–water partition coefficient (Wildman–Crippen LogP) is -0.171. The van der Waals surface area contributed by atoms with Crippen molar-refractivity contribution in [2.45, 2.75) is 25.8 Å². The van der Waals surface area contributed by atoms with Crippen molar-refractivity contribution in [2.24, 2.45) is 0 Å². The molecule has 1 rings (SSSR count). The van der Waals surface area contributed by atoms with Crippen LogP contribution in [0.15, 0.2) is 9.59 Å². The number of hydrogen-bond donors (Lipinski definition) is 3. The van der Waals surface area contributed by atoms with E-state index in [0.29, 0.717) is 12.2 Å². The van der Waals surface area contributed by atoms with Gasteiger partial charge >= 0.3 is 0 Å². The largest absolute Gasteiger partial charge is 0.394 e. The monoisotopic (exact) mass is 269 g/mol. The number of aliphatic hydroxyl groups is 1. The minimum Gasteiger partial charge on any atom is -0.394 e. The third-order valence-electron chi connectivity index (χ3n) is 2.85. The van der Waals surface area contributed by atoms with Crippen LogP contribution in [-0.4, -0.2) is 49.3 Å². The van der Waals surface area contributed by atoms with Gasteiger partial charge in [-0.25, -0.2) is 0 Å². The molecule has 0 atom stereocenters. The Hall–Kier alpha value is -1.40. The van der Waals surface area contributed by atoms with Crippen LogP contribution in [0.1, 0.15) is 20.3 Å². The summed E-state index contributed by atoms with van der Waals surface area (Å²) in [5.41, 5.74) is -1.00. The number of hydrogen-bond acceptors (Lipinski definition) is 6. The molecule has 0 aliphatic rings. The summed E-state index contributed by atoms with van der Waals surface area (Å²) < 4.78 is 0. The first-order valence-corrected chi connectivity index (χ1v) is 6.39. The second kappa shape index (κ2) is 6.16. The van der Waals surface area contributed by atoms with Crippen LogP contribution in [0.3, 0.4) is 0 Å². The highest BCUT2D eigenvalue weighted by molar-refractivity contribution is 5.74. The Morgan fingerprint density at radius 3 is 2.26 bits per heavy atom. The van der Waals surface area contributed by atoms with E-state index in [9.17, 15) is 9.59 Å². The maximum atomic E-state index is 11.5. The van der Waals surface area contributed by atoms with Crippen molar-refractivity contribution in [2.75, 3.05) is 44.4 Å². The van der Waals surface area contributed by atoms with Gasteiger partial charge in [0.05, 0.1) is 12.1 Å². The molecule has 0 heterocycles. The van der Waals surface area contributed by atoms with Gasteiger partial charge in [-0.05, 0) is 40.9 Å². The Bertz CT molecular complexity index is 487. The van der Waals surface area contributed by atoms with Crippen LogP contribution in [0.2, 0.25) is 0 Å². The number of anilines is 2. The molecule has 6 heteroatoms. The first-order chi connectivity index (χ1) is 8.78. The maximum Gasteiger partial charge on any atom is 0.253 e. The van der Waals surface area contributed by atoms with Gasteiger partial charge in [0.1, 0.15) is 11.4 Å². The fourth-order valence-corrected chi connectivity index (χ4v) is 1.67. The molecule has 0 saturated carbocycles. The molecule has 0 aliphatic carbocycles. The van der Waals surface area contributed by atoms with Gasteiger partial charge in [0, 0.05) is 6.54 Å². The highest BCUT2D eigenvalue weighted by Gasteiger charge is 2.26. The van der Waals surface area contributed by atoms with Crippen molar-refractivity contribution in [3.8, 4) is 0 Å². The van der Waals surface area contributed by atoms with E-state index in [1.54, 1.807) is 13.8 Å². The second-order valence-corrected chi connectivity index (χ2v) is 5.66. The molecule has 1 aromatic rings. The summed E-state index contributed by atoms with van der Waals surface area (Å²) in [6, 6.07) is 0. The summed E-state index contributed by atoms with van der Waals surface area (Å²) in [7, 11) is 3.96. The van der Waals surface area contributed by atoms with Gasteiger partial charge in [-0.3, -0.25) is 9.59 Å². The summed E-state index contributed by atoms with van der Waals surface area (Å²) >= 11 is 0. The van der Waals surface area contributed by atoms with Crippen molar-refractivity contribution in [3.05, 3.63) is 20.4 Å². The smallest absolute Gasteiger partial charge is 0.253 e. The lowest BCUT2D eigenvalue weighted by Crippen LogP contribution is -2.44. The van der Waals surface area contributed by atoms with Gasteiger partial charge in [0.15, 0.2) is 0 Å². The molecule has 0 aliphatic heterocycles. The lowest BCUT2D eigenvalue weighted by atomic mass is 10.0. The molecule has 0 fully saturated rings. The zero-order valence-electron chi connectivity index (χ0n) is 12.0. The lowest BCUT2D eigenvalue weighted by Gasteiger charge is -2.27. The van der Waals surface area contributed by atoms with Crippen LogP contribution in [0.5, 0.6) is 0 Å². The van der Waals surface area contributed by atoms with Gasteiger partial charge < -0.3 is 20.6 Å². The summed E-state index contributed by atoms with van der Waals surface area (Å²) in [6.45, 7) is 4.95. The van der Waals surface area contributed by atoms with Crippen molar-refractivity contribution < 1.29 is 5.11 Å². The molecule has 0 aromatic heterocycles. The van der Waals surface area contributed by atoms with E-state index >= 15 is 0 Å². The topological polar surface area (TPSA) is 81.7 Å². The summed E-state index contributed by atoms with van der Waals surface area (Å²) in [5, 5.41) is 15.1. The average Bonchev–Trinajstić information content (AvgIpc) is 2.36. The fraction of sp³-hybridized carbons (Fsp3) is 0.692. The predicted molar refractivity (Wildman–Crippen MR) is 77.8 cm³/mol. The van der Waals surface area contributed by atoms with Gasteiger partial charge in [0.2, 0.25) is 0 Å². The molecule has 1 aromatic carbocycles. The number of aliphatic hydroxyl groups excluding tert-OH is 1. The van der Waals surface area contributed by atoms with E-state index in [4.69, 9.17) is 5.11 Å². The third-order valence-corrected chi connectivity index (χ3v) is 2.85. The molecular formula is C13H23N3O3. The Morgan fingerprint density at radius 2 is 1.74 bits per heavy atom. The standard InChI is InChI=1S/C13H23N3O3/c1-13(2,8-17)15-10-9(11(18)12(10)19)14-6-5-7-16(3)4/h14-15,17H,5-8H2,1-4H3. The molecule has 19 heavy (non-hydrogen) atoms. The minimum absolute atomic E-state index is 0.119. The second-order valence-electron chi connectivity index (χ2n) is 5.66. The van der Waals surface area contributed by atoms with E-state index in [0.717, 1.165) is 13.0 Å². The van der Waals surface area contributed by atoms with Gasteiger partial charge in [-0.15, -0.1) is 0 Å². The lowest BCUT2D eigenvalue weighted by molar-refractivity contribution is 0.234. The molecular weight excluding hydrogens is 246 g/mol. The van der Waals surface area contributed by atoms with Crippen LogP contribution < -0.4 is 21.5 Å². The third kappa shape index (κ3) is 4.04. The van der Waals surface area contributed by atoms with E-state index in [1.165, 1.54) is 0 Å². The molecule has 0 bridgehead atoms. The van der Waals surface area contributed by atoms with E-state index in [-0.39, 0.29) is 12.3 Å². The fourth-order valence-electron chi connectivity index (χ4n) is 1.67. The van der Waals surface area contributed by atoms with Crippen molar-refractivity contribution >= 4 is 11.4 Å². The zero-order valence-corrected chi connectivity index (χ0v) is 12.0. The number of rotatable bonds is 8. The number of nitrogens with zero attached hydrogens (tertiary/aromatic N) is 1. The molecule has 0 unspecified atom stereocenters. The van der Waals surface area contributed by atoms with E-state index in [2.05, 4.69) is 15.5 Å². The minimum atomic E-state index is -0.623. The molecule has 0 saturated heterocycles. The van der Waals surface area contributed by atoms with E-state index < -0.39 is 16.4 Å². The SMILES string of the molecule is CN(C)CCCNc1c(NC(C)(C)CO)c(=O)c1=O. The normalized spacial score (nSPS) is 12.1. The van der Waals surface area contributed by atoms with Crippen molar-refractivity contribution in [1.29, 1.82) is 0 Å². The van der Waals surface area contributed by atoms with Crippen LogP contribution in [0.4, 0.5) is 11.4 Å². The van der Waals surface area contributed by atoms with Gasteiger partial charge in [-0.2, -0.15) is 0 Å². The Kier molecular flexibility index (Phi) is 5.08. The molecule has 0 spiro atoms. The van der Waals surface area contributed by atoms with Crippen LogP contribution in [0.25, 0.3) is 0 Å². The molecule has 0 radical (unpaired) electrons. The molecule has 0 amide bonds. The van der Waals surface area contributed by atoms with Crippen LogP contribution in [0, 0.1) is 0 Å². The highest BCUT2D eigenvalue weighted by Crippen LogP contribution is 2.19. The maximum absolute atomic E-state index is 11.5. The average molecular weight is 269 g/mol. The summed E-state index contributed by atoms with van der Waals surface area (Å²) in [5.74, 6) is 0. The molecule has 3 N–H and O–H groups in total. The van der Waals surface area contributed by atoms with E-state index in [1.807, 2.05) is 14.1 Å². The Morgan fingerprint density at radius 1 is 1.16 bits per heavy atom.